The second kappa shape index (κ2) is 4.41. The van der Waals surface area contributed by atoms with Crippen molar-refractivity contribution < 1.29 is 9.90 Å². The summed E-state index contributed by atoms with van der Waals surface area (Å²) >= 11 is 1.34. The Bertz CT molecular complexity index is 353. The Morgan fingerprint density at radius 2 is 2.21 bits per heavy atom. The maximum Gasteiger partial charge on any atom is 0.354 e. The van der Waals surface area contributed by atoms with Gasteiger partial charge in [0.2, 0.25) is 0 Å². The Balaban J connectivity index is 3.24. The number of aromatic nitrogens is 2. The Morgan fingerprint density at radius 1 is 1.57 bits per heavy atom. The van der Waals surface area contributed by atoms with Crippen molar-refractivity contribution in [3.8, 4) is 0 Å². The minimum atomic E-state index is -0.994. The predicted molar refractivity (Wildman–Crippen MR) is 54.9 cm³/mol. The molecule has 0 aromatic carbocycles. The van der Waals surface area contributed by atoms with Crippen LogP contribution >= 0.6 is 11.8 Å². The highest BCUT2D eigenvalue weighted by atomic mass is 32.2. The number of aromatic carboxylic acids is 1. The van der Waals surface area contributed by atoms with E-state index in [0.717, 1.165) is 0 Å². The Morgan fingerprint density at radius 3 is 2.64 bits per heavy atom. The molecular formula is C9H12N2O2S. The SMILES string of the molecule is CSc1ncc(C(C)C)c(C(=O)O)n1. The fourth-order valence-electron chi connectivity index (χ4n) is 1.07. The molecule has 4 nitrogen and oxygen atoms in total. The second-order valence-corrected chi connectivity index (χ2v) is 3.89. The number of thioether (sulfide) groups is 1. The quantitative estimate of drug-likeness (QED) is 0.613. The number of rotatable bonds is 3. The summed E-state index contributed by atoms with van der Waals surface area (Å²) in [7, 11) is 0. The highest BCUT2D eigenvalue weighted by Gasteiger charge is 2.15. The lowest BCUT2D eigenvalue weighted by Crippen LogP contribution is -2.08. The van der Waals surface area contributed by atoms with E-state index >= 15 is 0 Å². The highest BCUT2D eigenvalue weighted by molar-refractivity contribution is 7.98. The molecule has 0 unspecified atom stereocenters. The summed E-state index contributed by atoms with van der Waals surface area (Å²) in [6.45, 7) is 3.84. The van der Waals surface area contributed by atoms with Crippen molar-refractivity contribution in [2.24, 2.45) is 0 Å². The largest absolute Gasteiger partial charge is 0.476 e. The molecule has 1 aromatic rings. The molecule has 0 bridgehead atoms. The smallest absolute Gasteiger partial charge is 0.354 e. The summed E-state index contributed by atoms with van der Waals surface area (Å²) in [6.07, 6.45) is 3.41. The van der Waals surface area contributed by atoms with E-state index in [-0.39, 0.29) is 11.6 Å². The van der Waals surface area contributed by atoms with Gasteiger partial charge in [0.05, 0.1) is 0 Å². The van der Waals surface area contributed by atoms with E-state index in [9.17, 15) is 4.79 Å². The molecule has 0 saturated carbocycles. The maximum atomic E-state index is 10.9. The average Bonchev–Trinajstić information content (AvgIpc) is 2.16. The van der Waals surface area contributed by atoms with Crippen LogP contribution in [0.1, 0.15) is 35.8 Å². The summed E-state index contributed by atoms with van der Waals surface area (Å²) in [6, 6.07) is 0. The van der Waals surface area contributed by atoms with Crippen molar-refractivity contribution in [3.05, 3.63) is 17.5 Å². The van der Waals surface area contributed by atoms with E-state index in [0.29, 0.717) is 10.7 Å². The van der Waals surface area contributed by atoms with Crippen LogP contribution in [0, 0.1) is 0 Å². The molecular weight excluding hydrogens is 200 g/mol. The zero-order valence-corrected chi connectivity index (χ0v) is 9.13. The third-order valence-electron chi connectivity index (χ3n) is 1.80. The molecule has 0 aliphatic carbocycles. The van der Waals surface area contributed by atoms with E-state index in [1.165, 1.54) is 11.8 Å². The molecule has 1 aromatic heterocycles. The molecule has 0 amide bonds. The van der Waals surface area contributed by atoms with Gasteiger partial charge in [-0.2, -0.15) is 0 Å². The second-order valence-electron chi connectivity index (χ2n) is 3.12. The normalized spacial score (nSPS) is 10.6. The minimum Gasteiger partial charge on any atom is -0.476 e. The summed E-state index contributed by atoms with van der Waals surface area (Å²) in [5, 5.41) is 9.43. The van der Waals surface area contributed by atoms with Gasteiger partial charge in [-0.3, -0.25) is 0 Å². The molecule has 0 aliphatic rings. The fourth-order valence-corrected chi connectivity index (χ4v) is 1.41. The lowest BCUT2D eigenvalue weighted by atomic mass is 10.0. The van der Waals surface area contributed by atoms with Crippen LogP contribution in [0.25, 0.3) is 0 Å². The third-order valence-corrected chi connectivity index (χ3v) is 2.36. The monoisotopic (exact) mass is 212 g/mol. The summed E-state index contributed by atoms with van der Waals surface area (Å²) < 4.78 is 0. The Labute approximate surface area is 86.8 Å². The summed E-state index contributed by atoms with van der Waals surface area (Å²) in [5.74, 6) is -0.872. The van der Waals surface area contributed by atoms with Crippen molar-refractivity contribution in [3.63, 3.8) is 0 Å². The molecule has 0 atom stereocenters. The summed E-state index contributed by atoms with van der Waals surface area (Å²) in [5.41, 5.74) is 0.787. The average molecular weight is 212 g/mol. The third kappa shape index (κ3) is 2.23. The first-order valence-corrected chi connectivity index (χ1v) is 5.43. The van der Waals surface area contributed by atoms with Crippen molar-refractivity contribution in [1.82, 2.24) is 9.97 Å². The van der Waals surface area contributed by atoms with Crippen LogP contribution in [0.15, 0.2) is 11.4 Å². The number of carboxylic acid groups (broad SMARTS) is 1. The van der Waals surface area contributed by atoms with Crippen molar-refractivity contribution >= 4 is 17.7 Å². The number of carbonyl (C=O) groups is 1. The van der Waals surface area contributed by atoms with E-state index in [2.05, 4.69) is 9.97 Å². The van der Waals surface area contributed by atoms with Gasteiger partial charge in [-0.1, -0.05) is 25.6 Å². The molecule has 0 aliphatic heterocycles. The van der Waals surface area contributed by atoms with Gasteiger partial charge in [-0.15, -0.1) is 0 Å². The van der Waals surface area contributed by atoms with Gasteiger partial charge < -0.3 is 5.11 Å². The summed E-state index contributed by atoms with van der Waals surface area (Å²) in [4.78, 5) is 18.9. The van der Waals surface area contributed by atoms with Gasteiger partial charge in [0.25, 0.3) is 0 Å². The Hall–Kier alpha value is -1.10. The highest BCUT2D eigenvalue weighted by Crippen LogP contribution is 2.19. The van der Waals surface area contributed by atoms with Crippen LogP contribution in [0.2, 0.25) is 0 Å². The molecule has 5 heteroatoms. The number of hydrogen-bond acceptors (Lipinski definition) is 4. The van der Waals surface area contributed by atoms with Gasteiger partial charge in [0, 0.05) is 11.8 Å². The van der Waals surface area contributed by atoms with E-state index in [4.69, 9.17) is 5.11 Å². The number of nitrogens with zero attached hydrogens (tertiary/aromatic N) is 2. The van der Waals surface area contributed by atoms with Crippen LogP contribution < -0.4 is 0 Å². The molecule has 1 rings (SSSR count). The Kier molecular flexibility index (Phi) is 3.46. The number of hydrogen-bond donors (Lipinski definition) is 1. The van der Waals surface area contributed by atoms with Crippen molar-refractivity contribution in [2.45, 2.75) is 24.9 Å². The van der Waals surface area contributed by atoms with Crippen LogP contribution in [-0.2, 0) is 0 Å². The van der Waals surface area contributed by atoms with Gasteiger partial charge in [0.15, 0.2) is 10.9 Å². The van der Waals surface area contributed by atoms with Gasteiger partial charge in [-0.25, -0.2) is 14.8 Å². The van der Waals surface area contributed by atoms with E-state index in [1.54, 1.807) is 6.20 Å². The van der Waals surface area contributed by atoms with Crippen molar-refractivity contribution in [1.29, 1.82) is 0 Å². The zero-order valence-electron chi connectivity index (χ0n) is 8.31. The predicted octanol–water partition coefficient (Wildman–Crippen LogP) is 2.02. The molecule has 14 heavy (non-hydrogen) atoms. The molecule has 1 heterocycles. The molecule has 0 fully saturated rings. The fraction of sp³-hybridized carbons (Fsp3) is 0.444. The van der Waals surface area contributed by atoms with Crippen LogP contribution in [0.4, 0.5) is 0 Å². The van der Waals surface area contributed by atoms with Crippen molar-refractivity contribution in [2.75, 3.05) is 6.26 Å². The molecule has 1 N–H and O–H groups in total. The standard InChI is InChI=1S/C9H12N2O2S/c1-5(2)6-4-10-9(14-3)11-7(6)8(12)13/h4-5H,1-3H3,(H,12,13). The molecule has 0 saturated heterocycles. The number of carboxylic acids is 1. The lowest BCUT2D eigenvalue weighted by Gasteiger charge is -2.08. The van der Waals surface area contributed by atoms with Gasteiger partial charge in [-0.05, 0) is 12.2 Å². The first kappa shape index (κ1) is 11.0. The lowest BCUT2D eigenvalue weighted by molar-refractivity contribution is 0.0687. The topological polar surface area (TPSA) is 63.1 Å². The van der Waals surface area contributed by atoms with Gasteiger partial charge in [0.1, 0.15) is 0 Å². The molecule has 76 valence electrons. The zero-order chi connectivity index (χ0) is 10.7. The van der Waals surface area contributed by atoms with E-state index < -0.39 is 5.97 Å². The minimum absolute atomic E-state index is 0.111. The van der Waals surface area contributed by atoms with Gasteiger partial charge >= 0.3 is 5.97 Å². The molecule has 0 spiro atoms. The maximum absolute atomic E-state index is 10.9. The first-order chi connectivity index (χ1) is 6.56. The van der Waals surface area contributed by atoms with E-state index in [1.807, 2.05) is 20.1 Å². The van der Waals surface area contributed by atoms with Crippen LogP contribution in [0.5, 0.6) is 0 Å². The molecule has 0 radical (unpaired) electrons. The van der Waals surface area contributed by atoms with Crippen LogP contribution in [0.3, 0.4) is 0 Å². The first-order valence-electron chi connectivity index (χ1n) is 4.20. The van der Waals surface area contributed by atoms with Crippen LogP contribution in [-0.4, -0.2) is 27.3 Å².